The summed E-state index contributed by atoms with van der Waals surface area (Å²) < 4.78 is 1.12. The lowest BCUT2D eigenvalue weighted by atomic mass is 10.1. The molecule has 2 N–H and O–H groups in total. The van der Waals surface area contributed by atoms with Crippen molar-refractivity contribution < 1.29 is 5.11 Å². The van der Waals surface area contributed by atoms with Crippen LogP contribution >= 0.6 is 15.9 Å². The van der Waals surface area contributed by atoms with Crippen LogP contribution in [0.1, 0.15) is 25.3 Å². The minimum atomic E-state index is 0.0365. The van der Waals surface area contributed by atoms with Crippen molar-refractivity contribution in [2.75, 3.05) is 6.61 Å². The molecule has 0 saturated heterocycles. The summed E-state index contributed by atoms with van der Waals surface area (Å²) in [5, 5.41) is 12.8. The molecule has 0 heterocycles. The summed E-state index contributed by atoms with van der Waals surface area (Å²) in [5.74, 6) is 0. The van der Waals surface area contributed by atoms with E-state index in [1.54, 1.807) is 0 Å². The van der Waals surface area contributed by atoms with Gasteiger partial charge in [0.05, 0.1) is 6.61 Å². The molecule has 0 radical (unpaired) electrons. The smallest absolute Gasteiger partial charge is 0.0613 e. The van der Waals surface area contributed by atoms with E-state index in [1.165, 1.54) is 5.56 Å². The molecule has 0 unspecified atom stereocenters. The van der Waals surface area contributed by atoms with Crippen LogP contribution in [0, 0.1) is 0 Å². The second kappa shape index (κ2) is 4.86. The van der Waals surface area contributed by atoms with Crippen LogP contribution in [0.15, 0.2) is 28.7 Å². The first-order chi connectivity index (χ1) is 7.63. The van der Waals surface area contributed by atoms with Crippen LogP contribution in [-0.4, -0.2) is 23.3 Å². The molecule has 2 nitrogen and oxygen atoms in total. The van der Waals surface area contributed by atoms with E-state index < -0.39 is 0 Å². The maximum absolute atomic E-state index is 9.24. The number of hydrogen-bond acceptors (Lipinski definition) is 2. The van der Waals surface area contributed by atoms with Crippen LogP contribution < -0.4 is 5.32 Å². The van der Waals surface area contributed by atoms with Crippen molar-refractivity contribution in [3.05, 3.63) is 34.3 Å². The van der Waals surface area contributed by atoms with E-state index in [0.717, 1.165) is 23.7 Å². The number of halogens is 1. The number of aliphatic hydroxyl groups is 1. The fourth-order valence-electron chi connectivity index (χ4n) is 2.05. The van der Waals surface area contributed by atoms with Gasteiger partial charge in [0.25, 0.3) is 0 Å². The molecule has 1 atom stereocenters. The first-order valence-electron chi connectivity index (χ1n) is 5.77. The second-order valence-corrected chi connectivity index (χ2v) is 5.73. The van der Waals surface area contributed by atoms with Crippen LogP contribution in [0.2, 0.25) is 0 Å². The monoisotopic (exact) mass is 283 g/mol. The third kappa shape index (κ3) is 3.06. The first kappa shape index (κ1) is 12.1. The number of nitrogens with one attached hydrogen (secondary N) is 1. The fraction of sp³-hybridized carbons (Fsp3) is 0.538. The molecule has 0 amide bonds. The third-order valence-electron chi connectivity index (χ3n) is 3.16. The van der Waals surface area contributed by atoms with Gasteiger partial charge in [0.15, 0.2) is 0 Å². The Morgan fingerprint density at radius 3 is 2.50 bits per heavy atom. The quantitative estimate of drug-likeness (QED) is 0.870. The molecule has 2 rings (SSSR count). The molecular weight excluding hydrogens is 266 g/mol. The minimum Gasteiger partial charge on any atom is -0.394 e. The van der Waals surface area contributed by atoms with E-state index in [2.05, 4.69) is 52.4 Å². The van der Waals surface area contributed by atoms with Gasteiger partial charge in [0, 0.05) is 16.1 Å². The summed E-state index contributed by atoms with van der Waals surface area (Å²) in [7, 11) is 0. The molecule has 3 heteroatoms. The van der Waals surface area contributed by atoms with Crippen molar-refractivity contribution in [2.45, 2.75) is 37.8 Å². The normalized spacial score (nSPS) is 19.4. The van der Waals surface area contributed by atoms with Gasteiger partial charge in [0.2, 0.25) is 0 Å². The highest BCUT2D eigenvalue weighted by Gasteiger charge is 2.42. The topological polar surface area (TPSA) is 32.3 Å². The lowest BCUT2D eigenvalue weighted by molar-refractivity contribution is 0.220. The summed E-state index contributed by atoms with van der Waals surface area (Å²) in [5.41, 5.74) is 1.37. The van der Waals surface area contributed by atoms with Gasteiger partial charge in [-0.15, -0.1) is 0 Å². The van der Waals surface area contributed by atoms with Gasteiger partial charge in [-0.3, -0.25) is 0 Å². The fourth-order valence-corrected chi connectivity index (χ4v) is 2.31. The largest absolute Gasteiger partial charge is 0.394 e. The molecular formula is C13H18BrNO. The molecule has 88 valence electrons. The maximum atomic E-state index is 9.24. The molecule has 16 heavy (non-hydrogen) atoms. The molecule has 0 aliphatic heterocycles. The van der Waals surface area contributed by atoms with Crippen molar-refractivity contribution in [1.29, 1.82) is 0 Å². The zero-order chi connectivity index (χ0) is 11.6. The van der Waals surface area contributed by atoms with Crippen LogP contribution in [-0.2, 0) is 6.42 Å². The van der Waals surface area contributed by atoms with E-state index in [9.17, 15) is 5.11 Å². The first-order valence-corrected chi connectivity index (χ1v) is 6.56. The van der Waals surface area contributed by atoms with E-state index in [0.29, 0.717) is 6.04 Å². The highest BCUT2D eigenvalue weighted by Crippen LogP contribution is 2.35. The summed E-state index contributed by atoms with van der Waals surface area (Å²) in [6, 6.07) is 8.83. The maximum Gasteiger partial charge on any atom is 0.0613 e. The number of rotatable bonds is 5. The Morgan fingerprint density at radius 2 is 2.00 bits per heavy atom. The van der Waals surface area contributed by atoms with E-state index >= 15 is 0 Å². The van der Waals surface area contributed by atoms with Crippen molar-refractivity contribution in [1.82, 2.24) is 5.32 Å². The van der Waals surface area contributed by atoms with Gasteiger partial charge in [0.1, 0.15) is 0 Å². The van der Waals surface area contributed by atoms with Gasteiger partial charge in [-0.1, -0.05) is 28.1 Å². The lowest BCUT2D eigenvalue weighted by Crippen LogP contribution is -2.42. The predicted octanol–water partition coefficient (Wildman–Crippen LogP) is 2.49. The highest BCUT2D eigenvalue weighted by atomic mass is 79.9. The van der Waals surface area contributed by atoms with Crippen LogP contribution in [0.4, 0.5) is 0 Å². The average molecular weight is 284 g/mol. The van der Waals surface area contributed by atoms with E-state index in [4.69, 9.17) is 0 Å². The Balaban J connectivity index is 1.87. The molecule has 0 spiro atoms. The lowest BCUT2D eigenvalue weighted by Gasteiger charge is -2.21. The third-order valence-corrected chi connectivity index (χ3v) is 3.69. The molecule has 1 aromatic rings. The van der Waals surface area contributed by atoms with E-state index in [1.807, 2.05) is 0 Å². The number of benzene rings is 1. The zero-order valence-electron chi connectivity index (χ0n) is 9.54. The standard InChI is InChI=1S/C13H18BrNO/c1-10(15-13(9-16)6-7-13)8-11-2-4-12(14)5-3-11/h2-5,10,15-16H,6-9H2,1H3/t10-/m1/s1. The Bertz CT molecular complexity index is 345. The number of aliphatic hydroxyl groups excluding tert-OH is 1. The SMILES string of the molecule is C[C@H](Cc1ccc(Br)cc1)NC1(CO)CC1. The Morgan fingerprint density at radius 1 is 1.38 bits per heavy atom. The highest BCUT2D eigenvalue weighted by molar-refractivity contribution is 9.10. The number of hydrogen-bond donors (Lipinski definition) is 2. The predicted molar refractivity (Wildman–Crippen MR) is 69.5 cm³/mol. The van der Waals surface area contributed by atoms with Gasteiger partial charge in [-0.05, 0) is 43.9 Å². The van der Waals surface area contributed by atoms with Gasteiger partial charge in [-0.2, -0.15) is 0 Å². The molecule has 1 saturated carbocycles. The van der Waals surface area contributed by atoms with Crippen LogP contribution in [0.5, 0.6) is 0 Å². The summed E-state index contributed by atoms with van der Waals surface area (Å²) >= 11 is 3.43. The van der Waals surface area contributed by atoms with Crippen LogP contribution in [0.25, 0.3) is 0 Å². The summed E-state index contributed by atoms with van der Waals surface area (Å²) in [4.78, 5) is 0. The van der Waals surface area contributed by atoms with Crippen molar-refractivity contribution >= 4 is 15.9 Å². The van der Waals surface area contributed by atoms with Crippen LogP contribution in [0.3, 0.4) is 0 Å². The Hall–Kier alpha value is -0.380. The second-order valence-electron chi connectivity index (χ2n) is 4.81. The Labute approximate surface area is 105 Å². The minimum absolute atomic E-state index is 0.0365. The summed E-state index contributed by atoms with van der Waals surface area (Å²) in [6.07, 6.45) is 3.22. The molecule has 1 aliphatic carbocycles. The van der Waals surface area contributed by atoms with Gasteiger partial charge < -0.3 is 10.4 Å². The summed E-state index contributed by atoms with van der Waals surface area (Å²) in [6.45, 7) is 2.44. The zero-order valence-corrected chi connectivity index (χ0v) is 11.1. The van der Waals surface area contributed by atoms with Crippen molar-refractivity contribution in [3.8, 4) is 0 Å². The van der Waals surface area contributed by atoms with Crippen molar-refractivity contribution in [2.24, 2.45) is 0 Å². The molecule has 0 aromatic heterocycles. The average Bonchev–Trinajstić information content (AvgIpc) is 3.02. The Kier molecular flexibility index (Phi) is 3.67. The molecule has 0 bridgehead atoms. The van der Waals surface area contributed by atoms with Crippen molar-refractivity contribution in [3.63, 3.8) is 0 Å². The molecule has 1 aromatic carbocycles. The van der Waals surface area contributed by atoms with Gasteiger partial charge in [-0.25, -0.2) is 0 Å². The molecule has 1 aliphatic rings. The molecule has 1 fully saturated rings. The van der Waals surface area contributed by atoms with Gasteiger partial charge >= 0.3 is 0 Å². The van der Waals surface area contributed by atoms with E-state index in [-0.39, 0.29) is 12.1 Å².